The summed E-state index contributed by atoms with van der Waals surface area (Å²) >= 11 is 0. The standard InChI is InChI=1S/C17H24O5/c1-11(2)15(19)22-17-7-12-4-13(8-17)6-16(5-12,10-17)21-9-14(18)20-3/h12-13H,1,4-10H2,2-3H3. The van der Waals surface area contributed by atoms with E-state index in [1.165, 1.54) is 13.5 Å². The summed E-state index contributed by atoms with van der Waals surface area (Å²) < 4.78 is 16.5. The number of methoxy groups -OCH3 is 1. The van der Waals surface area contributed by atoms with E-state index in [9.17, 15) is 9.59 Å². The van der Waals surface area contributed by atoms with Gasteiger partial charge in [0, 0.05) is 12.0 Å². The molecule has 4 rings (SSSR count). The molecule has 122 valence electrons. The van der Waals surface area contributed by atoms with Crippen LogP contribution in [0.25, 0.3) is 0 Å². The monoisotopic (exact) mass is 308 g/mol. The molecule has 0 amide bonds. The maximum atomic E-state index is 12.0. The average Bonchev–Trinajstić information content (AvgIpc) is 2.42. The summed E-state index contributed by atoms with van der Waals surface area (Å²) in [6.07, 6.45) is 5.58. The molecular weight excluding hydrogens is 284 g/mol. The summed E-state index contributed by atoms with van der Waals surface area (Å²) in [4.78, 5) is 23.4. The van der Waals surface area contributed by atoms with Gasteiger partial charge in [-0.05, 0) is 50.9 Å². The van der Waals surface area contributed by atoms with Crippen molar-refractivity contribution in [2.45, 2.75) is 56.7 Å². The minimum atomic E-state index is -0.434. The van der Waals surface area contributed by atoms with Gasteiger partial charge in [0.1, 0.15) is 12.2 Å². The van der Waals surface area contributed by atoms with E-state index in [1.54, 1.807) is 6.92 Å². The van der Waals surface area contributed by atoms with E-state index < -0.39 is 5.60 Å². The number of ether oxygens (including phenoxy) is 3. The molecule has 0 heterocycles. The average molecular weight is 308 g/mol. The van der Waals surface area contributed by atoms with Gasteiger partial charge in [-0.2, -0.15) is 0 Å². The number of rotatable bonds is 5. The Morgan fingerprint density at radius 1 is 1.14 bits per heavy atom. The quantitative estimate of drug-likeness (QED) is 0.576. The molecule has 0 aromatic heterocycles. The van der Waals surface area contributed by atoms with Gasteiger partial charge in [0.05, 0.1) is 12.7 Å². The first-order chi connectivity index (χ1) is 10.4. The zero-order valence-electron chi connectivity index (χ0n) is 13.4. The number of carbonyl (C=O) groups excluding carboxylic acids is 2. The molecular formula is C17H24O5. The molecule has 0 N–H and O–H groups in total. The van der Waals surface area contributed by atoms with Crippen LogP contribution < -0.4 is 0 Å². The molecule has 0 radical (unpaired) electrons. The van der Waals surface area contributed by atoms with Crippen molar-refractivity contribution in [2.24, 2.45) is 11.8 Å². The first-order valence-corrected chi connectivity index (χ1v) is 7.95. The highest BCUT2D eigenvalue weighted by Crippen LogP contribution is 2.60. The van der Waals surface area contributed by atoms with Crippen molar-refractivity contribution in [1.29, 1.82) is 0 Å². The van der Waals surface area contributed by atoms with E-state index in [2.05, 4.69) is 11.3 Å². The van der Waals surface area contributed by atoms with E-state index in [1.807, 2.05) is 0 Å². The topological polar surface area (TPSA) is 61.8 Å². The molecule has 4 aliphatic rings. The van der Waals surface area contributed by atoms with Crippen molar-refractivity contribution >= 4 is 11.9 Å². The van der Waals surface area contributed by atoms with Gasteiger partial charge in [0.15, 0.2) is 0 Å². The first kappa shape index (κ1) is 15.5. The van der Waals surface area contributed by atoms with Crippen molar-refractivity contribution in [3.05, 3.63) is 12.2 Å². The van der Waals surface area contributed by atoms with Gasteiger partial charge in [-0.15, -0.1) is 0 Å². The molecule has 2 atom stereocenters. The first-order valence-electron chi connectivity index (χ1n) is 7.95. The Morgan fingerprint density at radius 2 is 1.73 bits per heavy atom. The van der Waals surface area contributed by atoms with Gasteiger partial charge in [-0.1, -0.05) is 6.58 Å². The van der Waals surface area contributed by atoms with Gasteiger partial charge in [0.2, 0.25) is 0 Å². The molecule has 0 spiro atoms. The minimum absolute atomic E-state index is 0.0273. The molecule has 4 bridgehead atoms. The lowest BCUT2D eigenvalue weighted by Crippen LogP contribution is -2.61. The van der Waals surface area contributed by atoms with Crippen LogP contribution in [0.2, 0.25) is 0 Å². The largest absolute Gasteiger partial charge is 0.467 e. The highest BCUT2D eigenvalue weighted by Gasteiger charge is 2.60. The lowest BCUT2D eigenvalue weighted by Gasteiger charge is -2.60. The van der Waals surface area contributed by atoms with Crippen LogP contribution in [0, 0.1) is 11.8 Å². The van der Waals surface area contributed by atoms with Crippen LogP contribution in [0.4, 0.5) is 0 Å². The van der Waals surface area contributed by atoms with E-state index in [-0.39, 0.29) is 24.1 Å². The van der Waals surface area contributed by atoms with Crippen LogP contribution in [0.5, 0.6) is 0 Å². The number of hydrogen-bond donors (Lipinski definition) is 0. The smallest absolute Gasteiger partial charge is 0.333 e. The second-order valence-electron chi connectivity index (χ2n) is 7.36. The van der Waals surface area contributed by atoms with Gasteiger partial charge in [-0.3, -0.25) is 0 Å². The third kappa shape index (κ3) is 2.78. The predicted octanol–water partition coefficient (Wildman–Crippen LogP) is 2.39. The molecule has 5 heteroatoms. The molecule has 0 saturated heterocycles. The minimum Gasteiger partial charge on any atom is -0.467 e. The van der Waals surface area contributed by atoms with E-state index in [4.69, 9.17) is 9.47 Å². The summed E-state index contributed by atoms with van der Waals surface area (Å²) in [6.45, 7) is 5.32. The highest BCUT2D eigenvalue weighted by atomic mass is 16.6. The van der Waals surface area contributed by atoms with Crippen LogP contribution in [0.1, 0.15) is 45.4 Å². The Hall–Kier alpha value is -1.36. The maximum absolute atomic E-state index is 12.0. The van der Waals surface area contributed by atoms with Crippen LogP contribution in [0.15, 0.2) is 12.2 Å². The van der Waals surface area contributed by atoms with Crippen LogP contribution in [-0.4, -0.2) is 36.9 Å². The zero-order chi connectivity index (χ0) is 16.0. The third-order valence-corrected chi connectivity index (χ3v) is 5.34. The van der Waals surface area contributed by atoms with E-state index in [0.717, 1.165) is 25.7 Å². The summed E-state index contributed by atoms with van der Waals surface area (Å²) in [6, 6.07) is 0. The van der Waals surface area contributed by atoms with Crippen LogP contribution in [0.3, 0.4) is 0 Å². The van der Waals surface area contributed by atoms with Crippen molar-refractivity contribution < 1.29 is 23.8 Å². The molecule has 5 nitrogen and oxygen atoms in total. The zero-order valence-corrected chi connectivity index (χ0v) is 13.4. The second-order valence-corrected chi connectivity index (χ2v) is 7.36. The Bertz CT molecular complexity index is 495. The lowest BCUT2D eigenvalue weighted by atomic mass is 9.52. The van der Waals surface area contributed by atoms with E-state index in [0.29, 0.717) is 23.8 Å². The number of esters is 2. The van der Waals surface area contributed by atoms with Crippen molar-refractivity contribution in [3.8, 4) is 0 Å². The van der Waals surface area contributed by atoms with Crippen LogP contribution >= 0.6 is 0 Å². The number of carbonyl (C=O) groups is 2. The van der Waals surface area contributed by atoms with E-state index >= 15 is 0 Å². The molecule has 0 aliphatic heterocycles. The Kier molecular flexibility index (Phi) is 3.79. The third-order valence-electron chi connectivity index (χ3n) is 5.34. The fraction of sp³-hybridized carbons (Fsp3) is 0.765. The van der Waals surface area contributed by atoms with Crippen LogP contribution in [-0.2, 0) is 23.8 Å². The summed E-state index contributed by atoms with van der Waals surface area (Å²) in [5.41, 5.74) is -0.343. The lowest BCUT2D eigenvalue weighted by molar-refractivity contribution is -0.233. The molecule has 0 aromatic carbocycles. The highest BCUT2D eigenvalue weighted by molar-refractivity contribution is 5.87. The molecule has 4 aliphatic carbocycles. The summed E-state index contributed by atoms with van der Waals surface area (Å²) in [7, 11) is 1.36. The fourth-order valence-corrected chi connectivity index (χ4v) is 4.94. The second kappa shape index (κ2) is 5.37. The molecule has 4 saturated carbocycles. The van der Waals surface area contributed by atoms with Gasteiger partial charge >= 0.3 is 11.9 Å². The normalized spacial score (nSPS) is 38.6. The SMILES string of the molecule is C=C(C)C(=O)OC12CC3CC(CC(OCC(=O)OC)(C3)C1)C2. The van der Waals surface area contributed by atoms with Gasteiger partial charge in [-0.25, -0.2) is 9.59 Å². The Morgan fingerprint density at radius 3 is 2.27 bits per heavy atom. The Labute approximate surface area is 131 Å². The van der Waals surface area contributed by atoms with Crippen molar-refractivity contribution in [2.75, 3.05) is 13.7 Å². The summed E-state index contributed by atoms with van der Waals surface area (Å²) in [5.74, 6) is 0.349. The molecule has 4 fully saturated rings. The molecule has 22 heavy (non-hydrogen) atoms. The van der Waals surface area contributed by atoms with Crippen molar-refractivity contribution in [1.82, 2.24) is 0 Å². The fourth-order valence-electron chi connectivity index (χ4n) is 4.94. The van der Waals surface area contributed by atoms with Gasteiger partial charge in [0.25, 0.3) is 0 Å². The maximum Gasteiger partial charge on any atom is 0.333 e. The Balaban J connectivity index is 1.76. The summed E-state index contributed by atoms with van der Waals surface area (Å²) in [5, 5.41) is 0. The molecule has 0 aromatic rings. The number of hydrogen-bond acceptors (Lipinski definition) is 5. The molecule has 2 unspecified atom stereocenters. The predicted molar refractivity (Wildman–Crippen MR) is 79.0 cm³/mol. The van der Waals surface area contributed by atoms with Crippen molar-refractivity contribution in [3.63, 3.8) is 0 Å². The van der Waals surface area contributed by atoms with Gasteiger partial charge < -0.3 is 14.2 Å².